The second kappa shape index (κ2) is 7.28. The van der Waals surface area contributed by atoms with E-state index in [9.17, 15) is 10.1 Å². The van der Waals surface area contributed by atoms with Crippen LogP contribution in [0.25, 0.3) is 6.08 Å². The number of nitriles is 2. The third-order valence-electron chi connectivity index (χ3n) is 7.85. The van der Waals surface area contributed by atoms with Gasteiger partial charge in [0.15, 0.2) is 5.72 Å². The van der Waals surface area contributed by atoms with Crippen molar-refractivity contribution in [2.24, 2.45) is 5.41 Å². The number of fused-ring (bicyclic) bond motifs is 3. The van der Waals surface area contributed by atoms with Gasteiger partial charge in [-0.3, -0.25) is 4.79 Å². The molecule has 36 heavy (non-hydrogen) atoms. The monoisotopic (exact) mass is 482 g/mol. The summed E-state index contributed by atoms with van der Waals surface area (Å²) in [5.74, 6) is 1.03. The summed E-state index contributed by atoms with van der Waals surface area (Å²) >= 11 is 0. The number of aryl methyl sites for hydroxylation is 2. The molecular weight excluding hydrogens is 456 g/mol. The Balaban J connectivity index is 1.42. The summed E-state index contributed by atoms with van der Waals surface area (Å²) < 4.78 is 12.7. The quantitative estimate of drug-likeness (QED) is 0.625. The number of carbonyl (C=O) groups excluding carboxylic acids is 1. The van der Waals surface area contributed by atoms with E-state index < -0.39 is 5.72 Å². The Morgan fingerprint density at radius 1 is 1.22 bits per heavy atom. The molecule has 3 saturated carbocycles. The molecular formula is C27H26N6O3. The summed E-state index contributed by atoms with van der Waals surface area (Å²) in [6.07, 6.45) is 5.31. The van der Waals surface area contributed by atoms with Crippen LogP contribution in [0, 0.1) is 41.9 Å². The lowest BCUT2D eigenvalue weighted by atomic mass is 9.40. The van der Waals surface area contributed by atoms with Crippen molar-refractivity contribution in [2.45, 2.75) is 64.3 Å². The molecule has 4 fully saturated rings. The van der Waals surface area contributed by atoms with E-state index >= 15 is 0 Å². The molecule has 182 valence electrons. The summed E-state index contributed by atoms with van der Waals surface area (Å²) in [6, 6.07) is 8.29. The fraction of sp³-hybridized carbons (Fsp3) is 0.444. The second-order valence-corrected chi connectivity index (χ2v) is 10.8. The molecule has 2 aliphatic heterocycles. The number of ether oxygens (including phenoxy) is 2. The zero-order valence-electron chi connectivity index (χ0n) is 20.7. The lowest BCUT2D eigenvalue weighted by molar-refractivity contribution is -0.0732. The van der Waals surface area contributed by atoms with E-state index in [4.69, 9.17) is 19.7 Å². The number of nitrogens with one attached hydrogen (secondary N) is 1. The van der Waals surface area contributed by atoms with Crippen molar-refractivity contribution in [2.75, 3.05) is 11.9 Å². The lowest BCUT2D eigenvalue weighted by Crippen LogP contribution is -2.70. The number of benzene rings is 1. The van der Waals surface area contributed by atoms with Crippen LogP contribution in [0.4, 0.5) is 5.95 Å². The van der Waals surface area contributed by atoms with Crippen molar-refractivity contribution in [1.29, 1.82) is 10.5 Å². The van der Waals surface area contributed by atoms with Crippen LogP contribution in [0.3, 0.4) is 0 Å². The molecule has 7 rings (SSSR count). The molecule has 2 aromatic rings. The van der Waals surface area contributed by atoms with Gasteiger partial charge in [-0.1, -0.05) is 0 Å². The molecule has 0 unspecified atom stereocenters. The molecule has 3 aliphatic carbocycles. The van der Waals surface area contributed by atoms with Gasteiger partial charge in [-0.25, -0.2) is 4.98 Å². The largest absolute Gasteiger partial charge is 0.438 e. The number of aromatic nitrogens is 2. The molecule has 9 nitrogen and oxygen atoms in total. The van der Waals surface area contributed by atoms with Gasteiger partial charge in [-0.05, 0) is 81.9 Å². The third kappa shape index (κ3) is 3.06. The Morgan fingerprint density at radius 2 is 1.92 bits per heavy atom. The second-order valence-electron chi connectivity index (χ2n) is 10.8. The molecule has 0 spiro atoms. The first-order valence-corrected chi connectivity index (χ1v) is 12.1. The van der Waals surface area contributed by atoms with Crippen molar-refractivity contribution < 1.29 is 14.3 Å². The topological polar surface area (TPSA) is 124 Å². The number of rotatable bonds is 5. The average Bonchev–Trinajstić information content (AvgIpc) is 3.19. The molecule has 1 N–H and O–H groups in total. The predicted octanol–water partition coefficient (Wildman–Crippen LogP) is 4.33. The first kappa shape index (κ1) is 22.5. The van der Waals surface area contributed by atoms with Crippen LogP contribution in [0.15, 0.2) is 18.2 Å². The SMILES string of the molecule is Cc1cc(/C=C/C#N)cc(C)c1Oc1nc(NC23CC(C#N)(C2)C3)nc2c1[C@]1(C)O[C@@H](C)CN1C2=O. The average molecular weight is 483 g/mol. The highest BCUT2D eigenvalue weighted by atomic mass is 16.5. The van der Waals surface area contributed by atoms with E-state index in [1.165, 1.54) is 6.08 Å². The number of allylic oxidation sites excluding steroid dienone is 1. The molecule has 1 aromatic carbocycles. The highest BCUT2D eigenvalue weighted by Gasteiger charge is 2.69. The van der Waals surface area contributed by atoms with E-state index in [1.807, 2.05) is 45.9 Å². The van der Waals surface area contributed by atoms with Crippen LogP contribution < -0.4 is 10.1 Å². The van der Waals surface area contributed by atoms with Gasteiger partial charge in [0.2, 0.25) is 11.8 Å². The summed E-state index contributed by atoms with van der Waals surface area (Å²) in [5, 5.41) is 21.6. The highest BCUT2D eigenvalue weighted by molar-refractivity contribution is 5.99. The number of anilines is 1. The van der Waals surface area contributed by atoms with E-state index in [2.05, 4.69) is 16.4 Å². The maximum absolute atomic E-state index is 13.4. The Kier molecular flexibility index (Phi) is 4.55. The van der Waals surface area contributed by atoms with E-state index in [-0.39, 0.29) is 34.5 Å². The van der Waals surface area contributed by atoms with Crippen LogP contribution in [-0.4, -0.2) is 39.0 Å². The Labute approximate surface area is 209 Å². The zero-order valence-corrected chi connectivity index (χ0v) is 20.7. The lowest BCUT2D eigenvalue weighted by Gasteiger charge is -2.66. The number of hydrogen-bond acceptors (Lipinski definition) is 8. The summed E-state index contributed by atoms with van der Waals surface area (Å²) in [5.41, 5.74) is 2.00. The number of carbonyl (C=O) groups is 1. The molecule has 2 atom stereocenters. The van der Waals surface area contributed by atoms with E-state index in [0.717, 1.165) is 36.0 Å². The number of hydrogen-bond donors (Lipinski definition) is 1. The minimum Gasteiger partial charge on any atom is -0.438 e. The van der Waals surface area contributed by atoms with Gasteiger partial charge in [-0.15, -0.1) is 0 Å². The highest BCUT2D eigenvalue weighted by Crippen LogP contribution is 2.67. The first-order valence-electron chi connectivity index (χ1n) is 12.1. The number of amides is 1. The summed E-state index contributed by atoms with van der Waals surface area (Å²) in [4.78, 5) is 24.5. The van der Waals surface area contributed by atoms with Crippen molar-refractivity contribution in [3.8, 4) is 23.8 Å². The van der Waals surface area contributed by atoms with Gasteiger partial charge < -0.3 is 19.7 Å². The Hall–Kier alpha value is -3.95. The Morgan fingerprint density at radius 3 is 2.56 bits per heavy atom. The van der Waals surface area contributed by atoms with Gasteiger partial charge in [0.1, 0.15) is 11.4 Å². The molecule has 1 saturated heterocycles. The van der Waals surface area contributed by atoms with Crippen LogP contribution in [-0.2, 0) is 10.5 Å². The van der Waals surface area contributed by atoms with E-state index in [1.54, 1.807) is 11.0 Å². The van der Waals surface area contributed by atoms with E-state index in [0.29, 0.717) is 23.8 Å². The molecule has 5 aliphatic rings. The minimum atomic E-state index is -1.02. The first-order chi connectivity index (χ1) is 17.1. The molecule has 0 radical (unpaired) electrons. The predicted molar refractivity (Wildman–Crippen MR) is 130 cm³/mol. The van der Waals surface area contributed by atoms with Crippen LogP contribution in [0.5, 0.6) is 11.6 Å². The molecule has 2 bridgehead atoms. The molecule has 1 aromatic heterocycles. The molecule has 3 heterocycles. The van der Waals surface area contributed by atoms with Gasteiger partial charge in [0.05, 0.1) is 35.8 Å². The van der Waals surface area contributed by atoms with Crippen LogP contribution >= 0.6 is 0 Å². The minimum absolute atomic E-state index is 0.129. The fourth-order valence-corrected chi connectivity index (χ4v) is 6.41. The standard InChI is InChI=1S/C27H26N6O3/c1-15-8-18(6-5-7-28)9-16(2)21(15)35-22-19-20(23(34)33-10-17(3)36-25(19,33)4)30-24(31-22)32-27-11-26(12-27,13-27)14-29/h5-6,8-9,17H,10-13H2,1-4H3,(H,30,31,32)/b6-5+/t17-,25-,26?,27?/m0/s1. The maximum atomic E-state index is 13.4. The van der Waals surface area contributed by atoms with Crippen molar-refractivity contribution in [3.05, 3.63) is 46.2 Å². The zero-order chi connectivity index (χ0) is 25.5. The number of nitrogens with zero attached hydrogens (tertiary/aromatic N) is 5. The van der Waals surface area contributed by atoms with Gasteiger partial charge in [0, 0.05) is 11.6 Å². The van der Waals surface area contributed by atoms with Gasteiger partial charge in [-0.2, -0.15) is 15.5 Å². The van der Waals surface area contributed by atoms with Gasteiger partial charge >= 0.3 is 0 Å². The van der Waals surface area contributed by atoms with Crippen molar-refractivity contribution >= 4 is 17.9 Å². The third-order valence-corrected chi connectivity index (χ3v) is 7.85. The van der Waals surface area contributed by atoms with Gasteiger partial charge in [0.25, 0.3) is 5.91 Å². The maximum Gasteiger partial charge on any atom is 0.275 e. The summed E-state index contributed by atoms with van der Waals surface area (Å²) in [6.45, 7) is 8.12. The van der Waals surface area contributed by atoms with Crippen molar-refractivity contribution in [3.63, 3.8) is 0 Å². The van der Waals surface area contributed by atoms with Crippen LogP contribution in [0.1, 0.15) is 65.9 Å². The smallest absolute Gasteiger partial charge is 0.275 e. The Bertz CT molecular complexity index is 1410. The fourth-order valence-electron chi connectivity index (χ4n) is 6.41. The summed E-state index contributed by atoms with van der Waals surface area (Å²) in [7, 11) is 0. The molecule has 9 heteroatoms. The molecule has 1 amide bonds. The normalized spacial score (nSPS) is 31.2. The van der Waals surface area contributed by atoms with Crippen molar-refractivity contribution in [1.82, 2.24) is 14.9 Å². The van der Waals surface area contributed by atoms with Crippen LogP contribution in [0.2, 0.25) is 0 Å².